The minimum Gasteiger partial charge on any atom is -0.379 e. The number of nitrogens with zero attached hydrogens (tertiary/aromatic N) is 9. The highest BCUT2D eigenvalue weighted by molar-refractivity contribution is 7.10. The summed E-state index contributed by atoms with van der Waals surface area (Å²) in [6.45, 7) is 36.1. The molecule has 0 radical (unpaired) electrons. The summed E-state index contributed by atoms with van der Waals surface area (Å²) in [4.78, 5) is 23.2. The van der Waals surface area contributed by atoms with E-state index < -0.39 is 12.7 Å². The summed E-state index contributed by atoms with van der Waals surface area (Å²) in [5, 5.41) is 10.2. The fourth-order valence-corrected chi connectivity index (χ4v) is 15.7. The molecule has 0 spiro atoms. The van der Waals surface area contributed by atoms with Gasteiger partial charge in [-0.15, -0.1) is 23.7 Å². The van der Waals surface area contributed by atoms with Crippen LogP contribution in [0.25, 0.3) is 33.4 Å². The summed E-state index contributed by atoms with van der Waals surface area (Å²) < 4.78 is 47.2. The van der Waals surface area contributed by atoms with Crippen molar-refractivity contribution < 1.29 is 13.2 Å². The molecule has 2 N–H and O–H groups in total. The molecule has 4 aliphatic heterocycles. The molecule has 2 aliphatic carbocycles. The van der Waals surface area contributed by atoms with E-state index in [2.05, 4.69) is 119 Å². The molecule has 15 heteroatoms. The lowest BCUT2D eigenvalue weighted by Gasteiger charge is -2.45. The van der Waals surface area contributed by atoms with E-state index in [1.54, 1.807) is 15.9 Å². The minimum absolute atomic E-state index is 0.0304. The molecule has 4 saturated heterocycles. The second-order valence-corrected chi connectivity index (χ2v) is 27.8. The SMILES string of the molecule is C#CCCC(C)(C)Cc1c(-c2cc(N3CCN4CCCCC4C3)cnc2C(C)C)n(CC(F)(F)F)c2ccc(-c3csc(CC(NC(=C)C(C4CCCC4)N4CCC(CN(CC)C(=C)N(C)C(C)C5CC5)C4)C(=C)N4CCCCN4)n3)cc12. The van der Waals surface area contributed by atoms with Crippen molar-refractivity contribution in [3.8, 4) is 34.9 Å². The molecule has 83 heavy (non-hydrogen) atoms. The molecule has 10 rings (SSSR count). The number of aromatic nitrogens is 3. The third-order valence-electron chi connectivity index (χ3n) is 19.9. The Labute approximate surface area is 500 Å². The third kappa shape index (κ3) is 14.3. The summed E-state index contributed by atoms with van der Waals surface area (Å²) in [5.74, 6) is 5.83. The fourth-order valence-electron chi connectivity index (χ4n) is 14.9. The molecule has 0 amide bonds. The van der Waals surface area contributed by atoms with E-state index >= 15 is 13.2 Å². The van der Waals surface area contributed by atoms with Gasteiger partial charge in [-0.05, 0) is 150 Å². The first-order valence-corrected chi connectivity index (χ1v) is 32.8. The van der Waals surface area contributed by atoms with Gasteiger partial charge in [0.1, 0.15) is 6.54 Å². The molecule has 3 aromatic heterocycles. The van der Waals surface area contributed by atoms with Gasteiger partial charge in [0.15, 0.2) is 0 Å². The number of terminal acetylenes is 1. The molecule has 0 bridgehead atoms. The van der Waals surface area contributed by atoms with Crippen molar-refractivity contribution in [2.45, 2.75) is 187 Å². The molecule has 7 heterocycles. The Balaban J connectivity index is 0.961. The number of rotatable bonds is 25. The largest absolute Gasteiger partial charge is 0.406 e. The highest BCUT2D eigenvalue weighted by atomic mass is 32.1. The van der Waals surface area contributed by atoms with Crippen LogP contribution in [0.1, 0.15) is 154 Å². The quantitative estimate of drug-likeness (QED) is 0.0627. The zero-order valence-electron chi connectivity index (χ0n) is 51.4. The highest BCUT2D eigenvalue weighted by Gasteiger charge is 2.40. The van der Waals surface area contributed by atoms with E-state index in [1.807, 2.05) is 18.3 Å². The lowest BCUT2D eigenvalue weighted by atomic mass is 9.80. The van der Waals surface area contributed by atoms with E-state index in [9.17, 15) is 0 Å². The Bertz CT molecular complexity index is 2930. The van der Waals surface area contributed by atoms with Crippen molar-refractivity contribution in [2.75, 3.05) is 77.4 Å². The van der Waals surface area contributed by atoms with Crippen LogP contribution in [0.4, 0.5) is 18.9 Å². The Kier molecular flexibility index (Phi) is 19.4. The van der Waals surface area contributed by atoms with Crippen LogP contribution in [0.5, 0.6) is 0 Å². The van der Waals surface area contributed by atoms with Gasteiger partial charge in [0.2, 0.25) is 0 Å². The van der Waals surface area contributed by atoms with Gasteiger partial charge in [-0.3, -0.25) is 14.8 Å². The van der Waals surface area contributed by atoms with Crippen LogP contribution in [0, 0.1) is 35.5 Å². The summed E-state index contributed by atoms with van der Waals surface area (Å²) in [7, 11) is 2.23. The van der Waals surface area contributed by atoms with Crippen molar-refractivity contribution in [2.24, 2.45) is 23.2 Å². The van der Waals surface area contributed by atoms with E-state index in [-0.39, 0.29) is 23.4 Å². The van der Waals surface area contributed by atoms with Crippen LogP contribution in [-0.4, -0.2) is 142 Å². The number of piperidine rings is 1. The van der Waals surface area contributed by atoms with Gasteiger partial charge in [-0.25, -0.2) is 10.4 Å². The number of nitrogens with one attached hydrogen (secondary N) is 2. The van der Waals surface area contributed by atoms with E-state index in [4.69, 9.17) is 29.5 Å². The number of piperazine rings is 1. The maximum absolute atomic E-state index is 15.2. The predicted molar refractivity (Wildman–Crippen MR) is 338 cm³/mol. The van der Waals surface area contributed by atoms with Crippen LogP contribution < -0.4 is 15.6 Å². The average Bonchev–Trinajstić information content (AvgIpc) is 3.68. The topological polar surface area (TPSA) is 74.2 Å². The molecule has 11 nitrogen and oxygen atoms in total. The van der Waals surface area contributed by atoms with Crippen molar-refractivity contribution in [1.29, 1.82) is 0 Å². The number of likely N-dealkylation sites (tertiary alicyclic amines) is 1. The van der Waals surface area contributed by atoms with E-state index in [0.717, 1.165) is 165 Å². The number of hydrazine groups is 1. The van der Waals surface area contributed by atoms with Gasteiger partial charge in [-0.1, -0.05) is 72.8 Å². The number of benzene rings is 1. The lowest BCUT2D eigenvalue weighted by Crippen LogP contribution is -2.54. The third-order valence-corrected chi connectivity index (χ3v) is 20.8. The first-order chi connectivity index (χ1) is 39.8. The number of hydrogen-bond donors (Lipinski definition) is 2. The number of thiazole rings is 1. The second kappa shape index (κ2) is 26.3. The van der Waals surface area contributed by atoms with Crippen molar-refractivity contribution in [3.05, 3.63) is 89.1 Å². The molecule has 4 aromatic rings. The first-order valence-electron chi connectivity index (χ1n) is 31.9. The second-order valence-electron chi connectivity index (χ2n) is 26.8. The normalized spacial score (nSPS) is 21.5. The lowest BCUT2D eigenvalue weighted by molar-refractivity contribution is -0.139. The zero-order valence-corrected chi connectivity index (χ0v) is 52.3. The molecular weight excluding hydrogens is 1060 g/mol. The van der Waals surface area contributed by atoms with Gasteiger partial charge >= 0.3 is 6.18 Å². The molecule has 6 aliphatic rings. The molecular formula is C68H98F3N11S. The van der Waals surface area contributed by atoms with Gasteiger partial charge in [-0.2, -0.15) is 13.2 Å². The maximum atomic E-state index is 15.2. The molecule has 452 valence electrons. The summed E-state index contributed by atoms with van der Waals surface area (Å²) >= 11 is 1.64. The molecule has 2 saturated carbocycles. The minimum atomic E-state index is -4.48. The predicted octanol–water partition coefficient (Wildman–Crippen LogP) is 13.7. The number of pyridine rings is 1. The van der Waals surface area contributed by atoms with Crippen LogP contribution in [-0.2, 0) is 19.4 Å². The molecule has 1 aromatic carbocycles. The van der Waals surface area contributed by atoms with Crippen LogP contribution in [0.15, 0.2) is 72.8 Å². The fraction of sp³-hybridized carbons (Fsp3) is 0.647. The number of halogens is 3. The van der Waals surface area contributed by atoms with E-state index in [1.165, 1.54) is 51.4 Å². The van der Waals surface area contributed by atoms with Crippen molar-refractivity contribution >= 4 is 27.9 Å². The van der Waals surface area contributed by atoms with Crippen LogP contribution in [0.2, 0.25) is 0 Å². The Morgan fingerprint density at radius 3 is 2.41 bits per heavy atom. The Morgan fingerprint density at radius 1 is 0.928 bits per heavy atom. The number of fused-ring (bicyclic) bond motifs is 2. The summed E-state index contributed by atoms with van der Waals surface area (Å²) in [6.07, 6.45) is 20.4. The van der Waals surface area contributed by atoms with Gasteiger partial charge in [0.05, 0.1) is 51.9 Å². The smallest absolute Gasteiger partial charge is 0.379 e. The number of hydrogen-bond acceptors (Lipinski definition) is 11. The van der Waals surface area contributed by atoms with Crippen LogP contribution >= 0.6 is 11.3 Å². The molecule has 6 fully saturated rings. The van der Waals surface area contributed by atoms with Crippen LogP contribution in [0.3, 0.4) is 0 Å². The van der Waals surface area contributed by atoms with Crippen molar-refractivity contribution in [3.63, 3.8) is 0 Å². The summed E-state index contributed by atoms with van der Waals surface area (Å²) in [6, 6.07) is 9.17. The maximum Gasteiger partial charge on any atom is 0.406 e. The zero-order chi connectivity index (χ0) is 58.7. The van der Waals surface area contributed by atoms with Gasteiger partial charge < -0.3 is 29.6 Å². The Morgan fingerprint density at radius 2 is 1.70 bits per heavy atom. The first kappa shape index (κ1) is 61.1. The standard InChI is InChI=1S/C68H98F3N11S/c1-12-14-29-67(9,10)39-59-57-36-54(26-27-62(57)81(45-68(69,70)71)66(59)58-37-56(40-72-64(58)46(3)4)79-35-34-78-31-19-17-23-55(78)43-79)61-44-83-63(75-61)38-60(49(7)82-32-20-18-30-73-82)74-47(5)65(53-21-15-16-22-53)80-33-28-51(42-80)41-77(13-2)50(8)76(11)48(6)52-24-25-52/h1,26-27,36-37,40,44,46,48,51-53,55,60,65,73-74H,5,7-8,13-25,28-35,38-39,41-43,45H2,2-4,6,9-11H3. The number of alkyl halides is 3. The number of anilines is 1. The van der Waals surface area contributed by atoms with Gasteiger partial charge in [0.25, 0.3) is 0 Å². The average molecular weight is 1160 g/mol. The highest BCUT2D eigenvalue weighted by Crippen LogP contribution is 2.45. The monoisotopic (exact) mass is 1160 g/mol. The summed E-state index contributed by atoms with van der Waals surface area (Å²) in [5.41, 5.74) is 11.7. The van der Waals surface area contributed by atoms with E-state index in [0.29, 0.717) is 54.4 Å². The Hall–Kier alpha value is -5.01. The molecule has 5 unspecified atom stereocenters. The van der Waals surface area contributed by atoms with Gasteiger partial charge in [0, 0.05) is 123 Å². The van der Waals surface area contributed by atoms with Crippen molar-refractivity contribution in [1.82, 2.24) is 49.9 Å². The molecule has 5 atom stereocenters.